The average Bonchev–Trinajstić information content (AvgIpc) is 3.01. The maximum absolute atomic E-state index is 12.5. The Bertz CT molecular complexity index is 643. The van der Waals surface area contributed by atoms with Crippen LogP contribution in [0.4, 0.5) is 0 Å². The summed E-state index contributed by atoms with van der Waals surface area (Å²) in [7, 11) is 0. The Morgan fingerprint density at radius 2 is 1.96 bits per heavy atom. The highest BCUT2D eigenvalue weighted by Gasteiger charge is 2.28. The van der Waals surface area contributed by atoms with Gasteiger partial charge in [0.25, 0.3) is 11.8 Å². The van der Waals surface area contributed by atoms with Crippen LogP contribution in [0.25, 0.3) is 0 Å². The summed E-state index contributed by atoms with van der Waals surface area (Å²) in [6.45, 7) is 6.28. The van der Waals surface area contributed by atoms with E-state index < -0.39 is 0 Å². The monoisotopic (exact) mass is 314 g/mol. The lowest BCUT2D eigenvalue weighted by Crippen LogP contribution is -2.42. The van der Waals surface area contributed by atoms with E-state index in [-0.39, 0.29) is 11.7 Å². The normalized spacial score (nSPS) is 21.2. The average molecular weight is 314 g/mol. The van der Waals surface area contributed by atoms with Crippen molar-refractivity contribution < 1.29 is 14.1 Å². The molecule has 5 heteroatoms. The van der Waals surface area contributed by atoms with Gasteiger partial charge in [0.15, 0.2) is 0 Å². The van der Waals surface area contributed by atoms with Crippen LogP contribution < -0.4 is 4.74 Å². The van der Waals surface area contributed by atoms with Gasteiger partial charge in [-0.05, 0) is 29.0 Å². The quantitative estimate of drug-likeness (QED) is 0.868. The van der Waals surface area contributed by atoms with Gasteiger partial charge in [0, 0.05) is 13.1 Å². The van der Waals surface area contributed by atoms with Crippen molar-refractivity contribution >= 4 is 5.91 Å². The first kappa shape index (κ1) is 15.6. The Morgan fingerprint density at radius 3 is 2.65 bits per heavy atom. The summed E-state index contributed by atoms with van der Waals surface area (Å²) in [5.41, 5.74) is 1.04. The zero-order chi connectivity index (χ0) is 16.2. The van der Waals surface area contributed by atoms with Gasteiger partial charge in [0.1, 0.15) is 6.61 Å². The minimum Gasteiger partial charge on any atom is -0.471 e. The predicted octanol–water partition coefficient (Wildman–Crippen LogP) is 3.37. The van der Waals surface area contributed by atoms with E-state index in [1.54, 1.807) is 6.07 Å². The molecule has 3 rings (SSSR count). The van der Waals surface area contributed by atoms with Crippen LogP contribution in [-0.2, 0) is 6.61 Å². The summed E-state index contributed by atoms with van der Waals surface area (Å²) >= 11 is 0. The van der Waals surface area contributed by atoms with E-state index in [0.29, 0.717) is 24.3 Å². The second-order valence-corrected chi connectivity index (χ2v) is 6.46. The van der Waals surface area contributed by atoms with E-state index in [0.717, 1.165) is 25.1 Å². The number of hydrogen-bond donors (Lipinski definition) is 0. The fourth-order valence-corrected chi connectivity index (χ4v) is 3.14. The number of nitrogens with zero attached hydrogens (tertiary/aromatic N) is 2. The minimum atomic E-state index is -0.106. The standard InChI is InChI=1S/C18H22N2O3/c1-13-8-14(2)11-20(10-13)18(21)16-9-17(19-23-16)22-12-15-6-4-3-5-7-15/h3-7,9,13-14H,8,10-12H2,1-2H3. The van der Waals surface area contributed by atoms with Crippen molar-refractivity contribution in [2.75, 3.05) is 13.1 Å². The number of aromatic nitrogens is 1. The van der Waals surface area contributed by atoms with E-state index in [1.807, 2.05) is 35.2 Å². The minimum absolute atomic E-state index is 0.106. The van der Waals surface area contributed by atoms with Gasteiger partial charge in [-0.1, -0.05) is 44.2 Å². The highest BCUT2D eigenvalue weighted by Crippen LogP contribution is 2.23. The number of carbonyl (C=O) groups is 1. The molecular weight excluding hydrogens is 292 g/mol. The van der Waals surface area contributed by atoms with E-state index in [2.05, 4.69) is 19.0 Å². The van der Waals surface area contributed by atoms with Crippen LogP contribution in [0.2, 0.25) is 0 Å². The molecule has 122 valence electrons. The molecule has 1 saturated heterocycles. The maximum Gasteiger partial charge on any atom is 0.292 e. The summed E-state index contributed by atoms with van der Waals surface area (Å²) in [5, 5.41) is 3.84. The van der Waals surface area contributed by atoms with Crippen molar-refractivity contribution in [1.82, 2.24) is 10.1 Å². The third-order valence-electron chi connectivity index (χ3n) is 4.08. The van der Waals surface area contributed by atoms with Gasteiger partial charge >= 0.3 is 0 Å². The first-order valence-corrected chi connectivity index (χ1v) is 8.04. The fraction of sp³-hybridized carbons (Fsp3) is 0.444. The van der Waals surface area contributed by atoms with Gasteiger partial charge in [0.05, 0.1) is 6.07 Å². The number of likely N-dealkylation sites (tertiary alicyclic amines) is 1. The topological polar surface area (TPSA) is 55.6 Å². The number of amides is 1. The van der Waals surface area contributed by atoms with Crippen LogP contribution >= 0.6 is 0 Å². The Labute approximate surface area is 136 Å². The van der Waals surface area contributed by atoms with Gasteiger partial charge in [-0.15, -0.1) is 0 Å². The van der Waals surface area contributed by atoms with Crippen LogP contribution in [0.5, 0.6) is 5.88 Å². The number of hydrogen-bond acceptors (Lipinski definition) is 4. The molecule has 1 aliphatic rings. The number of piperidine rings is 1. The molecule has 0 bridgehead atoms. The summed E-state index contributed by atoms with van der Waals surface area (Å²) in [6, 6.07) is 11.4. The second kappa shape index (κ2) is 6.86. The lowest BCUT2D eigenvalue weighted by Gasteiger charge is -2.34. The lowest BCUT2D eigenvalue weighted by atomic mass is 9.92. The Balaban J connectivity index is 1.61. The van der Waals surface area contributed by atoms with Crippen molar-refractivity contribution in [3.05, 3.63) is 47.7 Å². The molecule has 0 radical (unpaired) electrons. The molecule has 2 atom stereocenters. The highest BCUT2D eigenvalue weighted by molar-refractivity contribution is 5.91. The molecule has 0 spiro atoms. The van der Waals surface area contributed by atoms with Crippen LogP contribution in [0.3, 0.4) is 0 Å². The predicted molar refractivity (Wildman–Crippen MR) is 86.1 cm³/mol. The van der Waals surface area contributed by atoms with E-state index in [1.165, 1.54) is 0 Å². The number of ether oxygens (including phenoxy) is 1. The van der Waals surface area contributed by atoms with E-state index in [4.69, 9.17) is 9.26 Å². The van der Waals surface area contributed by atoms with Gasteiger partial charge in [0.2, 0.25) is 5.76 Å². The third-order valence-corrected chi connectivity index (χ3v) is 4.08. The highest BCUT2D eigenvalue weighted by atomic mass is 16.5. The molecule has 23 heavy (non-hydrogen) atoms. The number of rotatable bonds is 4. The Hall–Kier alpha value is -2.30. The molecule has 2 heterocycles. The van der Waals surface area contributed by atoms with Crippen molar-refractivity contribution in [2.24, 2.45) is 11.8 Å². The van der Waals surface area contributed by atoms with E-state index in [9.17, 15) is 4.79 Å². The molecule has 2 aromatic rings. The number of benzene rings is 1. The smallest absolute Gasteiger partial charge is 0.292 e. The first-order valence-electron chi connectivity index (χ1n) is 8.04. The summed E-state index contributed by atoms with van der Waals surface area (Å²) < 4.78 is 10.7. The summed E-state index contributed by atoms with van der Waals surface area (Å²) in [5.74, 6) is 1.51. The van der Waals surface area contributed by atoms with Gasteiger partial charge < -0.3 is 14.2 Å². The van der Waals surface area contributed by atoms with Gasteiger partial charge in [-0.2, -0.15) is 0 Å². The molecule has 0 saturated carbocycles. The Kier molecular flexibility index (Phi) is 4.65. The molecular formula is C18H22N2O3. The molecule has 1 aromatic carbocycles. The number of carbonyl (C=O) groups excluding carboxylic acids is 1. The molecule has 1 aliphatic heterocycles. The largest absolute Gasteiger partial charge is 0.471 e. The van der Waals surface area contributed by atoms with E-state index >= 15 is 0 Å². The molecule has 1 amide bonds. The molecule has 1 fully saturated rings. The summed E-state index contributed by atoms with van der Waals surface area (Å²) in [6.07, 6.45) is 1.16. The molecule has 2 unspecified atom stereocenters. The molecule has 5 nitrogen and oxygen atoms in total. The zero-order valence-electron chi connectivity index (χ0n) is 13.6. The molecule has 0 aliphatic carbocycles. The SMILES string of the molecule is CC1CC(C)CN(C(=O)c2cc(OCc3ccccc3)no2)C1. The Morgan fingerprint density at radius 1 is 1.26 bits per heavy atom. The third kappa shape index (κ3) is 3.92. The van der Waals surface area contributed by atoms with Crippen LogP contribution in [0.1, 0.15) is 36.4 Å². The van der Waals surface area contributed by atoms with Crippen molar-refractivity contribution in [3.8, 4) is 5.88 Å². The van der Waals surface area contributed by atoms with Crippen LogP contribution in [-0.4, -0.2) is 29.1 Å². The second-order valence-electron chi connectivity index (χ2n) is 6.46. The van der Waals surface area contributed by atoms with Crippen molar-refractivity contribution in [1.29, 1.82) is 0 Å². The zero-order valence-corrected chi connectivity index (χ0v) is 13.6. The first-order chi connectivity index (χ1) is 11.1. The molecule has 1 aromatic heterocycles. The molecule has 0 N–H and O–H groups in total. The van der Waals surface area contributed by atoms with Crippen LogP contribution in [0, 0.1) is 11.8 Å². The van der Waals surface area contributed by atoms with Crippen molar-refractivity contribution in [3.63, 3.8) is 0 Å². The van der Waals surface area contributed by atoms with Gasteiger partial charge in [-0.3, -0.25) is 4.79 Å². The van der Waals surface area contributed by atoms with Crippen molar-refractivity contribution in [2.45, 2.75) is 26.9 Å². The maximum atomic E-state index is 12.5. The van der Waals surface area contributed by atoms with Crippen LogP contribution in [0.15, 0.2) is 40.9 Å². The fourth-order valence-electron chi connectivity index (χ4n) is 3.14. The van der Waals surface area contributed by atoms with Gasteiger partial charge in [-0.25, -0.2) is 0 Å². The summed E-state index contributed by atoms with van der Waals surface area (Å²) in [4.78, 5) is 14.4. The lowest BCUT2D eigenvalue weighted by molar-refractivity contribution is 0.0581.